The van der Waals surface area contributed by atoms with Gasteiger partial charge in [0, 0.05) is 11.3 Å². The number of nitriles is 1. The van der Waals surface area contributed by atoms with Gasteiger partial charge in [0.2, 0.25) is 0 Å². The first-order valence-electron chi connectivity index (χ1n) is 7.66. The van der Waals surface area contributed by atoms with E-state index >= 15 is 0 Å². The first-order chi connectivity index (χ1) is 11.8. The third kappa shape index (κ3) is 3.97. The monoisotopic (exact) mass is 347 g/mol. The molecule has 0 saturated carbocycles. The van der Waals surface area contributed by atoms with Crippen molar-refractivity contribution >= 4 is 5.71 Å². The van der Waals surface area contributed by atoms with Crippen molar-refractivity contribution in [1.29, 1.82) is 5.26 Å². The number of pyridine rings is 1. The van der Waals surface area contributed by atoms with E-state index in [1.54, 1.807) is 37.3 Å². The number of benzene rings is 1. The average Bonchev–Trinajstić information content (AvgIpc) is 2.56. The van der Waals surface area contributed by atoms with Gasteiger partial charge in [-0.2, -0.15) is 28.2 Å². The molecule has 2 aromatic rings. The van der Waals surface area contributed by atoms with Gasteiger partial charge in [0.1, 0.15) is 11.6 Å². The molecule has 0 N–H and O–H groups in total. The maximum atomic E-state index is 13.3. The molecule has 1 heterocycles. The molecule has 2 rings (SSSR count). The first kappa shape index (κ1) is 18.5. The van der Waals surface area contributed by atoms with Gasteiger partial charge in [0.25, 0.3) is 5.56 Å². The topological polar surface area (TPSA) is 58.1 Å². The van der Waals surface area contributed by atoms with Crippen LogP contribution in [0.4, 0.5) is 13.2 Å². The zero-order chi connectivity index (χ0) is 18.6. The van der Waals surface area contributed by atoms with Crippen LogP contribution in [0.15, 0.2) is 46.3 Å². The standard InChI is InChI=1S/C18H16F3N3O/c1-3-7-12(2)23-24-16(13-8-5-4-6-9-13)10-15(18(19,20)21)14(11-22)17(24)25/h4-6,8-10H,3,7H2,1-2H3. The Kier molecular flexibility index (Phi) is 5.42. The molecule has 0 bridgehead atoms. The van der Waals surface area contributed by atoms with E-state index in [2.05, 4.69) is 5.10 Å². The molecule has 4 nitrogen and oxygen atoms in total. The van der Waals surface area contributed by atoms with Gasteiger partial charge in [0.15, 0.2) is 0 Å². The molecule has 0 atom stereocenters. The van der Waals surface area contributed by atoms with E-state index in [0.29, 0.717) is 17.7 Å². The van der Waals surface area contributed by atoms with Crippen molar-refractivity contribution in [3.05, 3.63) is 57.9 Å². The molecule has 0 aliphatic carbocycles. The van der Waals surface area contributed by atoms with E-state index in [1.165, 1.54) is 6.07 Å². The Morgan fingerprint density at radius 3 is 2.44 bits per heavy atom. The van der Waals surface area contributed by atoms with Crippen LogP contribution < -0.4 is 5.56 Å². The highest BCUT2D eigenvalue weighted by molar-refractivity contribution is 5.82. The SMILES string of the molecule is CCCC(C)=Nn1c(-c2ccccc2)cc(C(F)(F)F)c(C#N)c1=O. The largest absolute Gasteiger partial charge is 0.417 e. The Morgan fingerprint density at radius 2 is 1.92 bits per heavy atom. The first-order valence-corrected chi connectivity index (χ1v) is 7.66. The predicted octanol–water partition coefficient (Wildman–Crippen LogP) is 4.43. The van der Waals surface area contributed by atoms with Crippen molar-refractivity contribution in [2.45, 2.75) is 32.9 Å². The van der Waals surface area contributed by atoms with Crippen LogP contribution in [0.2, 0.25) is 0 Å². The number of aromatic nitrogens is 1. The highest BCUT2D eigenvalue weighted by Crippen LogP contribution is 2.33. The molecule has 7 heteroatoms. The summed E-state index contributed by atoms with van der Waals surface area (Å²) in [7, 11) is 0. The van der Waals surface area contributed by atoms with Gasteiger partial charge in [0.05, 0.1) is 11.3 Å². The summed E-state index contributed by atoms with van der Waals surface area (Å²) >= 11 is 0. The molecule has 25 heavy (non-hydrogen) atoms. The van der Waals surface area contributed by atoms with Crippen LogP contribution in [0.1, 0.15) is 37.8 Å². The van der Waals surface area contributed by atoms with Gasteiger partial charge in [-0.3, -0.25) is 4.79 Å². The quantitative estimate of drug-likeness (QED) is 0.768. The van der Waals surface area contributed by atoms with Gasteiger partial charge in [-0.25, -0.2) is 0 Å². The fraction of sp³-hybridized carbons (Fsp3) is 0.278. The second kappa shape index (κ2) is 7.34. The molecule has 0 aliphatic heterocycles. The van der Waals surface area contributed by atoms with Crippen molar-refractivity contribution in [3.8, 4) is 17.3 Å². The molecular weight excluding hydrogens is 331 g/mol. The number of alkyl halides is 3. The fourth-order valence-corrected chi connectivity index (χ4v) is 2.43. The lowest BCUT2D eigenvalue weighted by Gasteiger charge is -2.15. The van der Waals surface area contributed by atoms with E-state index in [0.717, 1.165) is 17.2 Å². The van der Waals surface area contributed by atoms with E-state index in [-0.39, 0.29) is 5.69 Å². The lowest BCUT2D eigenvalue weighted by atomic mass is 10.0. The average molecular weight is 347 g/mol. The predicted molar refractivity (Wildman–Crippen MR) is 89.3 cm³/mol. The number of hydrogen-bond donors (Lipinski definition) is 0. The van der Waals surface area contributed by atoms with Crippen LogP contribution in [0, 0.1) is 11.3 Å². The van der Waals surface area contributed by atoms with Crippen molar-refractivity contribution in [2.75, 3.05) is 0 Å². The summed E-state index contributed by atoms with van der Waals surface area (Å²) in [4.78, 5) is 12.5. The second-order valence-corrected chi connectivity index (χ2v) is 5.50. The van der Waals surface area contributed by atoms with Crippen LogP contribution in [0.3, 0.4) is 0 Å². The zero-order valence-corrected chi connectivity index (χ0v) is 13.8. The molecule has 0 amide bonds. The van der Waals surface area contributed by atoms with Crippen molar-refractivity contribution in [3.63, 3.8) is 0 Å². The van der Waals surface area contributed by atoms with Gasteiger partial charge >= 0.3 is 6.18 Å². The molecule has 0 spiro atoms. The van der Waals surface area contributed by atoms with Crippen LogP contribution >= 0.6 is 0 Å². The third-order valence-electron chi connectivity index (χ3n) is 3.55. The van der Waals surface area contributed by atoms with E-state index in [4.69, 9.17) is 5.26 Å². The second-order valence-electron chi connectivity index (χ2n) is 5.50. The van der Waals surface area contributed by atoms with E-state index in [1.807, 2.05) is 6.92 Å². The minimum Gasteiger partial charge on any atom is -0.266 e. The smallest absolute Gasteiger partial charge is 0.266 e. The highest BCUT2D eigenvalue weighted by Gasteiger charge is 2.36. The minimum absolute atomic E-state index is 0.00706. The molecule has 0 fully saturated rings. The van der Waals surface area contributed by atoms with Crippen molar-refractivity contribution in [2.24, 2.45) is 5.10 Å². The summed E-state index contributed by atoms with van der Waals surface area (Å²) in [5, 5.41) is 13.2. The van der Waals surface area contributed by atoms with Crippen molar-refractivity contribution in [1.82, 2.24) is 4.68 Å². The van der Waals surface area contributed by atoms with Gasteiger partial charge in [-0.05, 0) is 19.4 Å². The molecule has 0 aliphatic rings. The summed E-state index contributed by atoms with van der Waals surface area (Å²) < 4.78 is 40.8. The summed E-state index contributed by atoms with van der Waals surface area (Å²) in [5.41, 5.74) is -2.30. The summed E-state index contributed by atoms with van der Waals surface area (Å²) in [6.07, 6.45) is -3.45. The molecular formula is C18H16F3N3O. The number of rotatable bonds is 4. The van der Waals surface area contributed by atoms with Crippen LogP contribution in [0.5, 0.6) is 0 Å². The normalized spacial score (nSPS) is 12.1. The van der Waals surface area contributed by atoms with Gasteiger partial charge < -0.3 is 0 Å². The molecule has 0 radical (unpaired) electrons. The van der Waals surface area contributed by atoms with Crippen LogP contribution in [-0.4, -0.2) is 10.4 Å². The number of nitrogens with zero attached hydrogens (tertiary/aromatic N) is 3. The Bertz CT molecular complexity index is 891. The molecule has 1 aromatic heterocycles. The van der Waals surface area contributed by atoms with Crippen LogP contribution in [-0.2, 0) is 6.18 Å². The molecule has 0 saturated heterocycles. The Labute approximate surface area is 142 Å². The molecule has 1 aromatic carbocycles. The maximum Gasteiger partial charge on any atom is 0.417 e. The minimum atomic E-state index is -4.81. The van der Waals surface area contributed by atoms with Gasteiger partial charge in [-0.15, -0.1) is 0 Å². The third-order valence-corrected chi connectivity index (χ3v) is 3.55. The summed E-state index contributed by atoms with van der Waals surface area (Å²) in [6, 6.07) is 10.4. The zero-order valence-electron chi connectivity index (χ0n) is 13.8. The van der Waals surface area contributed by atoms with Gasteiger partial charge in [-0.1, -0.05) is 43.7 Å². The van der Waals surface area contributed by atoms with Crippen molar-refractivity contribution < 1.29 is 13.2 Å². The summed E-state index contributed by atoms with van der Waals surface area (Å²) in [6.45, 7) is 3.61. The molecule has 130 valence electrons. The van der Waals surface area contributed by atoms with E-state index < -0.39 is 22.9 Å². The Hall–Kier alpha value is -2.88. The van der Waals surface area contributed by atoms with E-state index in [9.17, 15) is 18.0 Å². The maximum absolute atomic E-state index is 13.3. The fourth-order valence-electron chi connectivity index (χ4n) is 2.43. The summed E-state index contributed by atoms with van der Waals surface area (Å²) in [5.74, 6) is 0. The van der Waals surface area contributed by atoms with Crippen LogP contribution in [0.25, 0.3) is 11.3 Å². The Morgan fingerprint density at radius 1 is 1.28 bits per heavy atom. The number of halogens is 3. The Balaban J connectivity index is 2.88. The molecule has 0 unspecified atom stereocenters. The lowest BCUT2D eigenvalue weighted by Crippen LogP contribution is -2.26. The highest BCUT2D eigenvalue weighted by atomic mass is 19.4. The number of hydrogen-bond acceptors (Lipinski definition) is 3. The lowest BCUT2D eigenvalue weighted by molar-refractivity contribution is -0.137.